The summed E-state index contributed by atoms with van der Waals surface area (Å²) in [6.07, 6.45) is 9.89. The molecule has 5 rings (SSSR count). The smallest absolute Gasteiger partial charge is 0.181 e. The predicted molar refractivity (Wildman–Crippen MR) is 130 cm³/mol. The maximum atomic E-state index is 13.6. The molecule has 2 aromatic rings. The Kier molecular flexibility index (Phi) is 6.86. The van der Waals surface area contributed by atoms with Crippen molar-refractivity contribution in [2.24, 2.45) is 5.92 Å². The summed E-state index contributed by atoms with van der Waals surface area (Å²) in [5.41, 5.74) is 2.74. The standard InChI is InChI=1S/C27H32N2O5S/c30-16-21-15-28-20(14-29-21)13-26(32)24(11-17-1-6-22(31)7-2-17)19-5-10-27(25(12-19)18-3-4-18)35(33,34)23-8-9-23/h5,10,12,14-15,17-18,23-24,30H,1-4,6-9,11,13,16H2/t24-/m1/s1. The van der Waals surface area contributed by atoms with Gasteiger partial charge in [-0.2, -0.15) is 0 Å². The van der Waals surface area contributed by atoms with Crippen molar-refractivity contribution in [3.63, 3.8) is 0 Å². The molecule has 0 saturated heterocycles. The molecule has 3 fully saturated rings. The van der Waals surface area contributed by atoms with Crippen LogP contribution in [-0.2, 0) is 32.5 Å². The molecule has 35 heavy (non-hydrogen) atoms. The van der Waals surface area contributed by atoms with Gasteiger partial charge in [0.1, 0.15) is 11.6 Å². The zero-order chi connectivity index (χ0) is 24.6. The Balaban J connectivity index is 1.45. The van der Waals surface area contributed by atoms with Gasteiger partial charge in [-0.3, -0.25) is 19.6 Å². The molecule has 0 radical (unpaired) electrons. The Hall–Kier alpha value is -2.45. The van der Waals surface area contributed by atoms with Gasteiger partial charge in [0.2, 0.25) is 0 Å². The first-order valence-electron chi connectivity index (χ1n) is 12.7. The van der Waals surface area contributed by atoms with E-state index in [2.05, 4.69) is 9.97 Å². The molecule has 0 aliphatic heterocycles. The van der Waals surface area contributed by atoms with Crippen molar-refractivity contribution in [2.75, 3.05) is 0 Å². The van der Waals surface area contributed by atoms with E-state index in [-0.39, 0.29) is 47.6 Å². The monoisotopic (exact) mass is 496 g/mol. The maximum absolute atomic E-state index is 13.6. The number of carbonyl (C=O) groups excluding carboxylic acids is 2. The number of ketones is 2. The number of Topliss-reactive ketones (excluding diaryl/α,β-unsaturated/α-hetero) is 2. The van der Waals surface area contributed by atoms with Crippen LogP contribution >= 0.6 is 0 Å². The first-order chi connectivity index (χ1) is 16.8. The van der Waals surface area contributed by atoms with E-state index in [1.165, 1.54) is 12.4 Å². The summed E-state index contributed by atoms with van der Waals surface area (Å²) in [5.74, 6) is 0.450. The fourth-order valence-electron chi connectivity index (χ4n) is 5.19. The van der Waals surface area contributed by atoms with Gasteiger partial charge in [0.15, 0.2) is 9.84 Å². The van der Waals surface area contributed by atoms with E-state index in [0.29, 0.717) is 35.5 Å². The van der Waals surface area contributed by atoms with Crippen molar-refractivity contribution in [3.8, 4) is 0 Å². The Morgan fingerprint density at radius 1 is 1.00 bits per heavy atom. The van der Waals surface area contributed by atoms with Crippen molar-refractivity contribution < 1.29 is 23.1 Å². The molecule has 186 valence electrons. The molecule has 1 N–H and O–H groups in total. The number of benzene rings is 1. The molecule has 0 bridgehead atoms. The zero-order valence-corrected chi connectivity index (χ0v) is 20.7. The first kappa shape index (κ1) is 24.3. The van der Waals surface area contributed by atoms with E-state index in [4.69, 9.17) is 0 Å². The van der Waals surface area contributed by atoms with Crippen LogP contribution in [-0.4, -0.2) is 40.3 Å². The molecule has 3 saturated carbocycles. The molecule has 0 spiro atoms. The molecule has 3 aliphatic carbocycles. The third kappa shape index (κ3) is 5.54. The van der Waals surface area contributed by atoms with Crippen molar-refractivity contribution in [1.82, 2.24) is 9.97 Å². The fourth-order valence-corrected chi connectivity index (χ4v) is 7.12. The summed E-state index contributed by atoms with van der Waals surface area (Å²) in [7, 11) is -3.31. The molecule has 0 amide bonds. The lowest BCUT2D eigenvalue weighted by Gasteiger charge is -2.26. The third-order valence-electron chi connectivity index (χ3n) is 7.62. The van der Waals surface area contributed by atoms with Gasteiger partial charge >= 0.3 is 0 Å². The van der Waals surface area contributed by atoms with Gasteiger partial charge in [0.05, 0.1) is 40.8 Å². The number of hydrogen-bond donors (Lipinski definition) is 1. The Bertz CT molecular complexity index is 1210. The van der Waals surface area contributed by atoms with Crippen molar-refractivity contribution in [1.29, 1.82) is 0 Å². The summed E-state index contributed by atoms with van der Waals surface area (Å²) < 4.78 is 26.1. The molecule has 8 heteroatoms. The summed E-state index contributed by atoms with van der Waals surface area (Å²) in [4.78, 5) is 34.2. The minimum Gasteiger partial charge on any atom is -0.390 e. The first-order valence-corrected chi connectivity index (χ1v) is 14.2. The van der Waals surface area contributed by atoms with Crippen molar-refractivity contribution >= 4 is 21.4 Å². The molecule has 1 aromatic carbocycles. The molecule has 1 atom stereocenters. The lowest BCUT2D eigenvalue weighted by atomic mass is 9.78. The molecule has 1 aromatic heterocycles. The summed E-state index contributed by atoms with van der Waals surface area (Å²) in [6, 6.07) is 5.54. The van der Waals surface area contributed by atoms with Crippen molar-refractivity contribution in [3.05, 3.63) is 53.1 Å². The Labute approximate surface area is 206 Å². The molecule has 0 unspecified atom stereocenters. The summed E-state index contributed by atoms with van der Waals surface area (Å²) in [6.45, 7) is -0.204. The van der Waals surface area contributed by atoms with Gasteiger partial charge in [-0.05, 0) is 74.0 Å². The highest BCUT2D eigenvalue weighted by atomic mass is 32.2. The van der Waals surface area contributed by atoms with Crippen LogP contribution in [0, 0.1) is 5.92 Å². The minimum absolute atomic E-state index is 0.0208. The average Bonchev–Trinajstić information content (AvgIpc) is 3.76. The average molecular weight is 497 g/mol. The number of aliphatic hydroxyl groups excluding tert-OH is 1. The highest BCUT2D eigenvalue weighted by Crippen LogP contribution is 2.47. The van der Waals surface area contributed by atoms with Gasteiger partial charge in [-0.25, -0.2) is 8.42 Å². The van der Waals surface area contributed by atoms with Gasteiger partial charge in [0.25, 0.3) is 0 Å². The number of hydrogen-bond acceptors (Lipinski definition) is 7. The van der Waals surface area contributed by atoms with E-state index < -0.39 is 9.84 Å². The predicted octanol–water partition coefficient (Wildman–Crippen LogP) is 3.83. The fraction of sp³-hybridized carbons (Fsp3) is 0.556. The summed E-state index contributed by atoms with van der Waals surface area (Å²) >= 11 is 0. The molecular formula is C27H32N2O5S. The summed E-state index contributed by atoms with van der Waals surface area (Å²) in [5, 5.41) is 8.94. The Morgan fingerprint density at radius 3 is 2.29 bits per heavy atom. The van der Waals surface area contributed by atoms with Crippen LogP contribution in [0.15, 0.2) is 35.5 Å². The number of rotatable bonds is 10. The van der Waals surface area contributed by atoms with Crippen LogP contribution in [0.4, 0.5) is 0 Å². The van der Waals surface area contributed by atoms with Gasteiger partial charge in [-0.15, -0.1) is 0 Å². The SMILES string of the molecule is O=C1CCC(C[C@@H](C(=O)Cc2cnc(CO)cn2)c2ccc(S(=O)(=O)C3CC3)c(C3CC3)c2)CC1. The second-order valence-electron chi connectivity index (χ2n) is 10.4. The molecular weight excluding hydrogens is 464 g/mol. The molecule has 3 aliphatic rings. The van der Waals surface area contributed by atoms with Gasteiger partial charge in [0, 0.05) is 25.0 Å². The second-order valence-corrected chi connectivity index (χ2v) is 12.6. The number of aromatic nitrogens is 2. The van der Waals surface area contributed by atoms with E-state index >= 15 is 0 Å². The van der Waals surface area contributed by atoms with Gasteiger partial charge in [-0.1, -0.05) is 12.1 Å². The van der Waals surface area contributed by atoms with E-state index in [9.17, 15) is 23.1 Å². The maximum Gasteiger partial charge on any atom is 0.181 e. The quantitative estimate of drug-likeness (QED) is 0.532. The number of carbonyl (C=O) groups is 2. The normalized spacial score (nSPS) is 20.1. The highest BCUT2D eigenvalue weighted by molar-refractivity contribution is 7.92. The van der Waals surface area contributed by atoms with E-state index in [1.807, 2.05) is 12.1 Å². The van der Waals surface area contributed by atoms with Crippen molar-refractivity contribution in [2.45, 2.75) is 92.8 Å². The Morgan fingerprint density at radius 2 is 1.69 bits per heavy atom. The van der Waals surface area contributed by atoms with Crippen LogP contribution in [0.3, 0.4) is 0 Å². The highest BCUT2D eigenvalue weighted by Gasteiger charge is 2.41. The lowest BCUT2D eigenvalue weighted by Crippen LogP contribution is -2.23. The van der Waals surface area contributed by atoms with Crippen LogP contribution in [0.5, 0.6) is 0 Å². The zero-order valence-electron chi connectivity index (χ0n) is 19.9. The largest absolute Gasteiger partial charge is 0.390 e. The number of aliphatic hydroxyl groups is 1. The third-order valence-corrected chi connectivity index (χ3v) is 9.95. The molecule has 7 nitrogen and oxygen atoms in total. The lowest BCUT2D eigenvalue weighted by molar-refractivity contribution is -0.121. The van der Waals surface area contributed by atoms with E-state index in [1.54, 1.807) is 6.07 Å². The van der Waals surface area contributed by atoms with Crippen LogP contribution in [0.2, 0.25) is 0 Å². The van der Waals surface area contributed by atoms with Crippen LogP contribution in [0.1, 0.15) is 92.1 Å². The van der Waals surface area contributed by atoms with Crippen LogP contribution in [0.25, 0.3) is 0 Å². The minimum atomic E-state index is -3.31. The van der Waals surface area contributed by atoms with E-state index in [0.717, 1.165) is 49.7 Å². The number of nitrogens with zero attached hydrogens (tertiary/aromatic N) is 2. The molecule has 1 heterocycles. The topological polar surface area (TPSA) is 114 Å². The second kappa shape index (κ2) is 9.90. The van der Waals surface area contributed by atoms with Crippen LogP contribution < -0.4 is 0 Å². The number of sulfone groups is 1. The van der Waals surface area contributed by atoms with Gasteiger partial charge < -0.3 is 5.11 Å².